The van der Waals surface area contributed by atoms with Crippen molar-refractivity contribution in [1.82, 2.24) is 0 Å². The van der Waals surface area contributed by atoms with Gasteiger partial charge in [-0.25, -0.2) is 4.39 Å². The molecule has 2 N–H and O–H groups in total. The molecule has 1 atom stereocenters. The van der Waals surface area contributed by atoms with Gasteiger partial charge in [-0.3, -0.25) is 0 Å². The number of nitrogens with two attached hydrogens (primary N) is 1. The maximum atomic E-state index is 13.9. The van der Waals surface area contributed by atoms with Crippen LogP contribution in [0.4, 0.5) is 4.39 Å². The third kappa shape index (κ3) is 3.95. The van der Waals surface area contributed by atoms with Gasteiger partial charge in [0.05, 0.1) is 6.61 Å². The molecule has 2 aromatic rings. The molecule has 0 aliphatic heterocycles. The van der Waals surface area contributed by atoms with Gasteiger partial charge in [0.1, 0.15) is 11.5 Å². The standard InChI is InChI=1S/C17H20FNO2/c1-3-11-20-13-7-9-14(10-8-13)21-17-15(12(2)19)5-4-6-16(17)18/h4-10,12H,3,11,19H2,1-2H3/t12-/m0/s1. The maximum absolute atomic E-state index is 13.9. The number of para-hydroxylation sites is 1. The lowest BCUT2D eigenvalue weighted by Crippen LogP contribution is -2.07. The van der Waals surface area contributed by atoms with Crippen LogP contribution in [0.3, 0.4) is 0 Å². The Kier molecular flexibility index (Phi) is 5.17. The van der Waals surface area contributed by atoms with Gasteiger partial charge in [-0.2, -0.15) is 0 Å². The van der Waals surface area contributed by atoms with Crippen LogP contribution in [0, 0.1) is 5.82 Å². The van der Waals surface area contributed by atoms with E-state index in [1.54, 1.807) is 43.3 Å². The summed E-state index contributed by atoms with van der Waals surface area (Å²) in [7, 11) is 0. The lowest BCUT2D eigenvalue weighted by Gasteiger charge is -2.14. The maximum Gasteiger partial charge on any atom is 0.167 e. The number of hydrogen-bond donors (Lipinski definition) is 1. The predicted octanol–water partition coefficient (Wildman–Crippen LogP) is 4.43. The van der Waals surface area contributed by atoms with Gasteiger partial charge in [0.15, 0.2) is 11.6 Å². The Morgan fingerprint density at radius 3 is 2.38 bits per heavy atom. The molecule has 0 fully saturated rings. The Labute approximate surface area is 124 Å². The molecule has 21 heavy (non-hydrogen) atoms. The van der Waals surface area contributed by atoms with E-state index in [4.69, 9.17) is 15.2 Å². The summed E-state index contributed by atoms with van der Waals surface area (Å²) in [6.07, 6.45) is 0.950. The van der Waals surface area contributed by atoms with E-state index in [1.807, 2.05) is 6.92 Å². The van der Waals surface area contributed by atoms with Crippen LogP contribution in [0.2, 0.25) is 0 Å². The minimum Gasteiger partial charge on any atom is -0.494 e. The fraction of sp³-hybridized carbons (Fsp3) is 0.294. The third-order valence-electron chi connectivity index (χ3n) is 3.00. The Hall–Kier alpha value is -2.07. The molecule has 4 heteroatoms. The molecule has 0 radical (unpaired) electrons. The summed E-state index contributed by atoms with van der Waals surface area (Å²) in [6, 6.07) is 11.6. The Morgan fingerprint density at radius 1 is 1.10 bits per heavy atom. The first-order valence-corrected chi connectivity index (χ1v) is 7.06. The molecule has 0 amide bonds. The zero-order valence-corrected chi connectivity index (χ0v) is 12.3. The average Bonchev–Trinajstić information content (AvgIpc) is 2.48. The zero-order valence-electron chi connectivity index (χ0n) is 12.3. The van der Waals surface area contributed by atoms with Gasteiger partial charge >= 0.3 is 0 Å². The van der Waals surface area contributed by atoms with Crippen LogP contribution < -0.4 is 15.2 Å². The first kappa shape index (κ1) is 15.3. The van der Waals surface area contributed by atoms with Crippen molar-refractivity contribution < 1.29 is 13.9 Å². The number of rotatable bonds is 6. The summed E-state index contributed by atoms with van der Waals surface area (Å²) < 4.78 is 25.1. The van der Waals surface area contributed by atoms with Crippen LogP contribution in [-0.2, 0) is 0 Å². The Balaban J connectivity index is 2.18. The normalized spacial score (nSPS) is 12.0. The van der Waals surface area contributed by atoms with E-state index in [2.05, 4.69) is 0 Å². The van der Waals surface area contributed by atoms with Crippen LogP contribution in [0.15, 0.2) is 42.5 Å². The monoisotopic (exact) mass is 289 g/mol. The molecule has 2 rings (SSSR count). The molecule has 0 saturated carbocycles. The predicted molar refractivity (Wildman–Crippen MR) is 81.3 cm³/mol. The highest BCUT2D eigenvalue weighted by molar-refractivity contribution is 5.41. The molecule has 0 heterocycles. The number of halogens is 1. The van der Waals surface area contributed by atoms with Crippen LogP contribution in [0.1, 0.15) is 31.9 Å². The highest BCUT2D eigenvalue weighted by Crippen LogP contribution is 2.32. The zero-order chi connectivity index (χ0) is 15.2. The highest BCUT2D eigenvalue weighted by atomic mass is 19.1. The summed E-state index contributed by atoms with van der Waals surface area (Å²) in [6.45, 7) is 4.51. The van der Waals surface area contributed by atoms with Crippen LogP contribution in [-0.4, -0.2) is 6.61 Å². The van der Waals surface area contributed by atoms with Crippen molar-refractivity contribution in [2.45, 2.75) is 26.3 Å². The fourth-order valence-corrected chi connectivity index (χ4v) is 1.93. The molecule has 0 spiro atoms. The molecule has 0 aliphatic rings. The van der Waals surface area contributed by atoms with E-state index in [1.165, 1.54) is 6.07 Å². The van der Waals surface area contributed by atoms with Crippen molar-refractivity contribution in [3.05, 3.63) is 53.8 Å². The van der Waals surface area contributed by atoms with Gasteiger partial charge in [-0.05, 0) is 43.7 Å². The molecular weight excluding hydrogens is 269 g/mol. The number of benzene rings is 2. The van der Waals surface area contributed by atoms with Crippen LogP contribution in [0.5, 0.6) is 17.2 Å². The molecule has 0 saturated heterocycles. The molecule has 112 valence electrons. The Morgan fingerprint density at radius 2 is 1.76 bits per heavy atom. The van der Waals surface area contributed by atoms with Crippen molar-refractivity contribution in [2.24, 2.45) is 5.73 Å². The smallest absolute Gasteiger partial charge is 0.167 e. The van der Waals surface area contributed by atoms with Gasteiger partial charge < -0.3 is 15.2 Å². The van der Waals surface area contributed by atoms with Crippen molar-refractivity contribution in [3.8, 4) is 17.2 Å². The van der Waals surface area contributed by atoms with Crippen LogP contribution >= 0.6 is 0 Å². The summed E-state index contributed by atoms with van der Waals surface area (Å²) >= 11 is 0. The van der Waals surface area contributed by atoms with Crippen molar-refractivity contribution in [2.75, 3.05) is 6.61 Å². The second kappa shape index (κ2) is 7.09. The van der Waals surface area contributed by atoms with Gasteiger partial charge in [0, 0.05) is 11.6 Å². The topological polar surface area (TPSA) is 44.5 Å². The second-order valence-corrected chi connectivity index (χ2v) is 4.87. The van der Waals surface area contributed by atoms with Crippen molar-refractivity contribution in [1.29, 1.82) is 0 Å². The van der Waals surface area contributed by atoms with Crippen molar-refractivity contribution in [3.63, 3.8) is 0 Å². The molecule has 0 bridgehead atoms. The van der Waals surface area contributed by atoms with E-state index in [0.29, 0.717) is 17.9 Å². The van der Waals surface area contributed by atoms with Gasteiger partial charge in [-0.15, -0.1) is 0 Å². The third-order valence-corrected chi connectivity index (χ3v) is 3.00. The van der Waals surface area contributed by atoms with Crippen LogP contribution in [0.25, 0.3) is 0 Å². The SMILES string of the molecule is CCCOc1ccc(Oc2c(F)cccc2[C@H](C)N)cc1. The van der Waals surface area contributed by atoms with Gasteiger partial charge in [0.2, 0.25) is 0 Å². The molecular formula is C17H20FNO2. The highest BCUT2D eigenvalue weighted by Gasteiger charge is 2.13. The fourth-order valence-electron chi connectivity index (χ4n) is 1.93. The largest absolute Gasteiger partial charge is 0.494 e. The van der Waals surface area contributed by atoms with E-state index in [-0.39, 0.29) is 11.8 Å². The molecule has 0 aromatic heterocycles. The van der Waals surface area contributed by atoms with Gasteiger partial charge in [-0.1, -0.05) is 19.1 Å². The molecule has 3 nitrogen and oxygen atoms in total. The lowest BCUT2D eigenvalue weighted by atomic mass is 10.1. The second-order valence-electron chi connectivity index (χ2n) is 4.87. The van der Waals surface area contributed by atoms with Crippen molar-refractivity contribution >= 4 is 0 Å². The lowest BCUT2D eigenvalue weighted by molar-refractivity contribution is 0.317. The summed E-state index contributed by atoms with van der Waals surface area (Å²) in [5.41, 5.74) is 6.49. The molecule has 0 unspecified atom stereocenters. The summed E-state index contributed by atoms with van der Waals surface area (Å²) in [5.74, 6) is 1.07. The summed E-state index contributed by atoms with van der Waals surface area (Å²) in [5, 5.41) is 0. The summed E-state index contributed by atoms with van der Waals surface area (Å²) in [4.78, 5) is 0. The first-order valence-electron chi connectivity index (χ1n) is 7.06. The van der Waals surface area contributed by atoms with E-state index in [0.717, 1.165) is 12.2 Å². The quantitative estimate of drug-likeness (QED) is 0.855. The van der Waals surface area contributed by atoms with E-state index < -0.39 is 5.82 Å². The van der Waals surface area contributed by atoms with Gasteiger partial charge in [0.25, 0.3) is 0 Å². The van der Waals surface area contributed by atoms with E-state index in [9.17, 15) is 4.39 Å². The molecule has 2 aromatic carbocycles. The average molecular weight is 289 g/mol. The number of ether oxygens (including phenoxy) is 2. The minimum absolute atomic E-state index is 0.176. The first-order chi connectivity index (χ1) is 10.1. The number of hydrogen-bond acceptors (Lipinski definition) is 3. The molecule has 0 aliphatic carbocycles. The Bertz CT molecular complexity index is 582. The van der Waals surface area contributed by atoms with E-state index >= 15 is 0 Å². The minimum atomic E-state index is -0.420.